The number of rotatable bonds is 5. The first-order valence-electron chi connectivity index (χ1n) is 6.71. The highest BCUT2D eigenvalue weighted by atomic mass is 35.5. The van der Waals surface area contributed by atoms with Crippen LogP contribution in [0, 0.1) is 0 Å². The lowest BCUT2D eigenvalue weighted by Crippen LogP contribution is -2.12. The van der Waals surface area contributed by atoms with Crippen molar-refractivity contribution in [2.45, 2.75) is 13.5 Å². The molecule has 0 spiro atoms. The summed E-state index contributed by atoms with van der Waals surface area (Å²) in [5.74, 6) is -0.373. The maximum absolute atomic E-state index is 12.2. The molecule has 0 heterocycles. The first-order valence-corrected chi connectivity index (χ1v) is 7.09. The molecule has 0 atom stereocenters. The van der Waals surface area contributed by atoms with Gasteiger partial charge in [-0.3, -0.25) is 9.59 Å². The van der Waals surface area contributed by atoms with Gasteiger partial charge >= 0.3 is 0 Å². The van der Waals surface area contributed by atoms with Gasteiger partial charge in [-0.15, -0.1) is 0 Å². The SMILES string of the molecule is COCc1ccc(C(=O)Nc2cc(C(C)=O)ccc2Cl)cc1. The fourth-order valence-corrected chi connectivity index (χ4v) is 2.12. The lowest BCUT2D eigenvalue weighted by Gasteiger charge is -2.09. The zero-order chi connectivity index (χ0) is 16.1. The van der Waals surface area contributed by atoms with Crippen molar-refractivity contribution in [2.24, 2.45) is 0 Å². The van der Waals surface area contributed by atoms with Crippen molar-refractivity contribution in [3.63, 3.8) is 0 Å². The number of ketones is 1. The molecule has 0 radical (unpaired) electrons. The third-order valence-corrected chi connectivity index (χ3v) is 3.48. The van der Waals surface area contributed by atoms with E-state index in [9.17, 15) is 9.59 Å². The smallest absolute Gasteiger partial charge is 0.255 e. The highest BCUT2D eigenvalue weighted by Gasteiger charge is 2.10. The van der Waals surface area contributed by atoms with Crippen molar-refractivity contribution in [3.8, 4) is 0 Å². The number of methoxy groups -OCH3 is 1. The molecule has 4 nitrogen and oxygen atoms in total. The van der Waals surface area contributed by atoms with Gasteiger partial charge in [0, 0.05) is 18.2 Å². The number of Topliss-reactive ketones (excluding diaryl/α,β-unsaturated/α-hetero) is 1. The second-order valence-electron chi connectivity index (χ2n) is 4.83. The Morgan fingerprint density at radius 1 is 1.09 bits per heavy atom. The van der Waals surface area contributed by atoms with Gasteiger partial charge in [-0.05, 0) is 42.8 Å². The summed E-state index contributed by atoms with van der Waals surface area (Å²) in [7, 11) is 1.62. The second-order valence-corrected chi connectivity index (χ2v) is 5.24. The van der Waals surface area contributed by atoms with Crippen LogP contribution in [-0.2, 0) is 11.3 Å². The lowest BCUT2D eigenvalue weighted by molar-refractivity contribution is 0.101. The van der Waals surface area contributed by atoms with Crippen LogP contribution in [0.4, 0.5) is 5.69 Å². The molecule has 5 heteroatoms. The Balaban J connectivity index is 2.17. The molecule has 0 saturated heterocycles. The highest BCUT2D eigenvalue weighted by Crippen LogP contribution is 2.24. The summed E-state index contributed by atoms with van der Waals surface area (Å²) in [5, 5.41) is 3.10. The van der Waals surface area contributed by atoms with Crippen LogP contribution in [0.15, 0.2) is 42.5 Å². The molecule has 2 rings (SSSR count). The normalized spacial score (nSPS) is 10.3. The van der Waals surface area contributed by atoms with Gasteiger partial charge in [-0.1, -0.05) is 23.7 Å². The summed E-state index contributed by atoms with van der Waals surface area (Å²) in [6, 6.07) is 11.9. The topological polar surface area (TPSA) is 55.4 Å². The zero-order valence-electron chi connectivity index (χ0n) is 12.4. The van der Waals surface area contributed by atoms with Gasteiger partial charge in [0.15, 0.2) is 5.78 Å². The number of halogens is 1. The number of carbonyl (C=O) groups excluding carboxylic acids is 2. The van der Waals surface area contributed by atoms with Gasteiger partial charge in [0.05, 0.1) is 17.3 Å². The van der Waals surface area contributed by atoms with Crippen LogP contribution >= 0.6 is 11.6 Å². The molecule has 2 aromatic rings. The van der Waals surface area contributed by atoms with E-state index in [1.807, 2.05) is 12.1 Å². The maximum atomic E-state index is 12.2. The summed E-state index contributed by atoms with van der Waals surface area (Å²) >= 11 is 6.06. The van der Waals surface area contributed by atoms with E-state index in [1.165, 1.54) is 6.92 Å². The van der Waals surface area contributed by atoms with Crippen molar-refractivity contribution >= 4 is 29.0 Å². The van der Waals surface area contributed by atoms with Gasteiger partial charge in [0.2, 0.25) is 0 Å². The molecule has 0 fully saturated rings. The summed E-state index contributed by atoms with van der Waals surface area (Å²) in [6.45, 7) is 1.96. The van der Waals surface area contributed by atoms with Gasteiger partial charge in [0.25, 0.3) is 5.91 Å². The van der Waals surface area contributed by atoms with Crippen LogP contribution in [0.5, 0.6) is 0 Å². The number of carbonyl (C=O) groups is 2. The largest absolute Gasteiger partial charge is 0.380 e. The van der Waals surface area contributed by atoms with Crippen LogP contribution in [0.1, 0.15) is 33.2 Å². The van der Waals surface area contributed by atoms with E-state index >= 15 is 0 Å². The Bertz CT molecular complexity index is 696. The fraction of sp³-hybridized carbons (Fsp3) is 0.176. The van der Waals surface area contributed by atoms with Crippen LogP contribution < -0.4 is 5.32 Å². The van der Waals surface area contributed by atoms with Crippen molar-refractivity contribution in [1.29, 1.82) is 0 Å². The van der Waals surface area contributed by atoms with E-state index in [4.69, 9.17) is 16.3 Å². The Kier molecular flexibility index (Phi) is 5.31. The monoisotopic (exact) mass is 317 g/mol. The van der Waals surface area contributed by atoms with Crippen molar-refractivity contribution in [1.82, 2.24) is 0 Å². The molecule has 0 aliphatic rings. The standard InChI is InChI=1S/C17H16ClNO3/c1-11(20)14-7-8-15(18)16(9-14)19-17(21)13-5-3-12(4-6-13)10-22-2/h3-9H,10H2,1-2H3,(H,19,21). The minimum Gasteiger partial charge on any atom is -0.380 e. The number of nitrogens with one attached hydrogen (secondary N) is 1. The van der Waals surface area contributed by atoms with E-state index < -0.39 is 0 Å². The van der Waals surface area contributed by atoms with Gasteiger partial charge in [0.1, 0.15) is 0 Å². The van der Waals surface area contributed by atoms with Crippen LogP contribution in [-0.4, -0.2) is 18.8 Å². The van der Waals surface area contributed by atoms with Crippen LogP contribution in [0.2, 0.25) is 5.02 Å². The molecule has 1 amide bonds. The third kappa shape index (κ3) is 3.93. The first-order chi connectivity index (χ1) is 10.5. The number of benzene rings is 2. The first kappa shape index (κ1) is 16.2. The molecular weight excluding hydrogens is 302 g/mol. The molecule has 0 saturated carbocycles. The Morgan fingerprint density at radius 3 is 2.32 bits per heavy atom. The lowest BCUT2D eigenvalue weighted by atomic mass is 10.1. The zero-order valence-corrected chi connectivity index (χ0v) is 13.1. The Hall–Kier alpha value is -2.17. The van der Waals surface area contributed by atoms with Gasteiger partial charge < -0.3 is 10.1 Å². The molecule has 114 valence electrons. The average molecular weight is 318 g/mol. The minimum atomic E-state index is -0.286. The van der Waals surface area contributed by atoms with Crippen molar-refractivity contribution in [2.75, 3.05) is 12.4 Å². The molecule has 0 unspecified atom stereocenters. The van der Waals surface area contributed by atoms with Crippen molar-refractivity contribution < 1.29 is 14.3 Å². The summed E-state index contributed by atoms with van der Waals surface area (Å²) in [4.78, 5) is 23.6. The van der Waals surface area contributed by atoms with E-state index in [1.54, 1.807) is 37.4 Å². The molecular formula is C17H16ClNO3. The predicted octanol–water partition coefficient (Wildman–Crippen LogP) is 3.94. The molecule has 0 aromatic heterocycles. The van der Waals surface area contributed by atoms with E-state index in [0.717, 1.165) is 5.56 Å². The van der Waals surface area contributed by atoms with Gasteiger partial charge in [-0.25, -0.2) is 0 Å². The van der Waals surface area contributed by atoms with Crippen LogP contribution in [0.3, 0.4) is 0 Å². The average Bonchev–Trinajstić information content (AvgIpc) is 2.50. The highest BCUT2D eigenvalue weighted by molar-refractivity contribution is 6.34. The Labute approximate surface area is 134 Å². The number of anilines is 1. The van der Waals surface area contributed by atoms with E-state index in [2.05, 4.69) is 5.32 Å². The summed E-state index contributed by atoms with van der Waals surface area (Å²) in [5.41, 5.74) is 2.40. The van der Waals surface area contributed by atoms with Gasteiger partial charge in [-0.2, -0.15) is 0 Å². The maximum Gasteiger partial charge on any atom is 0.255 e. The minimum absolute atomic E-state index is 0.0870. The summed E-state index contributed by atoms with van der Waals surface area (Å²) in [6.07, 6.45) is 0. The van der Waals surface area contributed by atoms with E-state index in [0.29, 0.717) is 28.4 Å². The number of hydrogen-bond donors (Lipinski definition) is 1. The number of hydrogen-bond acceptors (Lipinski definition) is 3. The third-order valence-electron chi connectivity index (χ3n) is 3.15. The molecule has 1 N–H and O–H groups in total. The second kappa shape index (κ2) is 7.20. The number of amides is 1. The van der Waals surface area contributed by atoms with E-state index in [-0.39, 0.29) is 11.7 Å². The predicted molar refractivity (Wildman–Crippen MR) is 86.6 cm³/mol. The molecule has 0 bridgehead atoms. The fourth-order valence-electron chi connectivity index (χ4n) is 1.95. The summed E-state index contributed by atoms with van der Waals surface area (Å²) < 4.78 is 5.03. The number of ether oxygens (including phenoxy) is 1. The molecule has 22 heavy (non-hydrogen) atoms. The molecule has 0 aliphatic carbocycles. The molecule has 2 aromatic carbocycles. The Morgan fingerprint density at radius 2 is 1.73 bits per heavy atom. The molecule has 0 aliphatic heterocycles. The van der Waals surface area contributed by atoms with Crippen molar-refractivity contribution in [3.05, 3.63) is 64.2 Å². The van der Waals surface area contributed by atoms with Crippen LogP contribution in [0.25, 0.3) is 0 Å². The quantitative estimate of drug-likeness (QED) is 0.850.